The molecule has 0 N–H and O–H groups in total. The molecule has 1 aliphatic rings. The fourth-order valence-electron chi connectivity index (χ4n) is 6.29. The molecule has 0 fully saturated rings. The third-order valence-corrected chi connectivity index (χ3v) is 15.6. The van der Waals surface area contributed by atoms with Gasteiger partial charge in [0.05, 0.1) is 0 Å². The summed E-state index contributed by atoms with van der Waals surface area (Å²) in [4.78, 5) is 4.99. The molecule has 0 bridgehead atoms. The van der Waals surface area contributed by atoms with Crippen LogP contribution in [0.1, 0.15) is 52.7 Å². The third kappa shape index (κ3) is 4.96. The van der Waals surface area contributed by atoms with Gasteiger partial charge in [-0.3, -0.25) is 0 Å². The normalized spacial score (nSPS) is 13.4. The molecular formula is C37H41GeNO. The Morgan fingerprint density at radius 3 is 2.15 bits per heavy atom. The second kappa shape index (κ2) is 9.48. The van der Waals surface area contributed by atoms with Gasteiger partial charge in [-0.15, -0.1) is 0 Å². The van der Waals surface area contributed by atoms with Crippen LogP contribution in [0.15, 0.2) is 79.0 Å². The van der Waals surface area contributed by atoms with E-state index >= 15 is 0 Å². The van der Waals surface area contributed by atoms with Crippen LogP contribution in [0.5, 0.6) is 11.5 Å². The topological polar surface area (TPSA) is 22.1 Å². The fourth-order valence-corrected chi connectivity index (χ4v) is 11.3. The summed E-state index contributed by atoms with van der Waals surface area (Å²) < 4.78 is 9.91. The van der Waals surface area contributed by atoms with Crippen molar-refractivity contribution < 1.29 is 4.74 Å². The number of rotatable bonds is 4. The number of benzene rings is 4. The van der Waals surface area contributed by atoms with E-state index in [1.807, 2.05) is 6.20 Å². The zero-order valence-corrected chi connectivity index (χ0v) is 27.4. The molecule has 0 spiro atoms. The molecule has 6 rings (SSSR count). The van der Waals surface area contributed by atoms with Crippen LogP contribution in [0.25, 0.3) is 32.8 Å². The van der Waals surface area contributed by atoms with E-state index in [1.165, 1.54) is 36.1 Å². The molecule has 2 nitrogen and oxygen atoms in total. The first-order valence-electron chi connectivity index (χ1n) is 14.6. The van der Waals surface area contributed by atoms with Crippen molar-refractivity contribution in [1.82, 2.24) is 4.98 Å². The minimum atomic E-state index is -2.54. The van der Waals surface area contributed by atoms with Crippen LogP contribution in [-0.2, 0) is 12.8 Å². The van der Waals surface area contributed by atoms with Crippen LogP contribution in [0, 0.1) is 10.8 Å². The fraction of sp³-hybridized carbons (Fsp3) is 0.324. The maximum absolute atomic E-state index is 7.01. The number of hydrogen-bond acceptors (Lipinski definition) is 2. The number of ether oxygens (including phenoxy) is 1. The van der Waals surface area contributed by atoms with Crippen molar-refractivity contribution in [3.63, 3.8) is 0 Å². The predicted molar refractivity (Wildman–Crippen MR) is 174 cm³/mol. The Hall–Kier alpha value is -3.11. The summed E-state index contributed by atoms with van der Waals surface area (Å²) in [5.74, 6) is 6.91. The Kier molecular flexibility index (Phi) is 6.42. The molecule has 2 heterocycles. The van der Waals surface area contributed by atoms with Crippen LogP contribution in [-0.4, -0.2) is 18.3 Å². The Balaban J connectivity index is 1.59. The summed E-state index contributed by atoms with van der Waals surface area (Å²) in [6, 6.07) is 27.3. The van der Waals surface area contributed by atoms with Gasteiger partial charge in [-0.1, -0.05) is 20.8 Å². The summed E-state index contributed by atoms with van der Waals surface area (Å²) >= 11 is -2.54. The molecule has 0 amide bonds. The molecule has 1 aliphatic heterocycles. The van der Waals surface area contributed by atoms with E-state index in [9.17, 15) is 0 Å². The van der Waals surface area contributed by atoms with Gasteiger partial charge < -0.3 is 0 Å². The van der Waals surface area contributed by atoms with Gasteiger partial charge in [0, 0.05) is 0 Å². The molecule has 4 aromatic carbocycles. The summed E-state index contributed by atoms with van der Waals surface area (Å²) in [5.41, 5.74) is 5.19. The molecule has 3 heteroatoms. The monoisotopic (exact) mass is 589 g/mol. The van der Waals surface area contributed by atoms with Crippen LogP contribution < -0.4 is 13.5 Å². The van der Waals surface area contributed by atoms with Gasteiger partial charge in [-0.25, -0.2) is 0 Å². The van der Waals surface area contributed by atoms with Crippen molar-refractivity contribution in [2.75, 3.05) is 0 Å². The zero-order chi connectivity index (χ0) is 28.4. The van der Waals surface area contributed by atoms with Gasteiger partial charge >= 0.3 is 222 Å². The first-order chi connectivity index (χ1) is 18.8. The quantitative estimate of drug-likeness (QED) is 0.192. The standard InChI is InChI=1S/C37H41GeNO/c1-36(2,3)22-24-14-15-29-26(18-24)20-30-34-33-25(16-17-39-34)19-28(38(7,8)27-12-10-9-11-13-27)21-32(33)40-35(30)31(29)23-37(4,5)6/h9-21H,22-23H2,1-8H3. The SMILES string of the molecule is CC(C)(C)Cc1ccc2c(CC(C)(C)C)c3c(cc2c1)-c1nccc2c[c]([Ge]([CH3])([CH3])[c]4ccccc4)cc(c12)O3. The third-order valence-electron chi connectivity index (χ3n) is 8.21. The average Bonchev–Trinajstić information content (AvgIpc) is 2.88. The molecular weight excluding hydrogens is 547 g/mol. The average molecular weight is 588 g/mol. The van der Waals surface area contributed by atoms with Crippen LogP contribution in [0.3, 0.4) is 0 Å². The van der Waals surface area contributed by atoms with Gasteiger partial charge in [0.25, 0.3) is 0 Å². The van der Waals surface area contributed by atoms with Crippen molar-refractivity contribution in [1.29, 1.82) is 0 Å². The molecule has 0 saturated carbocycles. The zero-order valence-electron chi connectivity index (χ0n) is 25.3. The van der Waals surface area contributed by atoms with Gasteiger partial charge in [0.15, 0.2) is 0 Å². The van der Waals surface area contributed by atoms with E-state index in [0.29, 0.717) is 0 Å². The summed E-state index contributed by atoms with van der Waals surface area (Å²) in [6.07, 6.45) is 3.96. The molecule has 0 unspecified atom stereocenters. The van der Waals surface area contributed by atoms with Gasteiger partial charge in [0.2, 0.25) is 0 Å². The number of fused-ring (bicyclic) bond motifs is 3. The van der Waals surface area contributed by atoms with Gasteiger partial charge in [0.1, 0.15) is 0 Å². The van der Waals surface area contributed by atoms with Crippen molar-refractivity contribution in [3.05, 3.63) is 90.1 Å². The van der Waals surface area contributed by atoms with Gasteiger partial charge in [-0.05, 0) is 0 Å². The Bertz CT molecular complexity index is 1750. The Labute approximate surface area is 242 Å². The van der Waals surface area contributed by atoms with Crippen molar-refractivity contribution in [2.24, 2.45) is 10.8 Å². The molecule has 1 aromatic heterocycles. The molecule has 0 atom stereocenters. The molecule has 0 aliphatic carbocycles. The van der Waals surface area contributed by atoms with Crippen molar-refractivity contribution in [2.45, 2.75) is 65.9 Å². The summed E-state index contributed by atoms with van der Waals surface area (Å²) in [7, 11) is 0. The van der Waals surface area contributed by atoms with Crippen LogP contribution >= 0.6 is 0 Å². The van der Waals surface area contributed by atoms with E-state index in [4.69, 9.17) is 9.72 Å². The number of pyridine rings is 1. The second-order valence-corrected chi connectivity index (χ2v) is 23.8. The summed E-state index contributed by atoms with van der Waals surface area (Å²) in [6.45, 7) is 13.9. The Morgan fingerprint density at radius 2 is 1.45 bits per heavy atom. The maximum atomic E-state index is 7.01. The van der Waals surface area contributed by atoms with Crippen LogP contribution in [0.2, 0.25) is 11.5 Å². The number of aromatic nitrogens is 1. The first kappa shape index (κ1) is 27.1. The minimum absolute atomic E-state index is 0.113. The Morgan fingerprint density at radius 1 is 0.725 bits per heavy atom. The van der Waals surface area contributed by atoms with Gasteiger partial charge in [-0.2, -0.15) is 0 Å². The predicted octanol–water partition coefficient (Wildman–Crippen LogP) is 9.16. The number of hydrogen-bond donors (Lipinski definition) is 0. The van der Waals surface area contributed by atoms with Crippen LogP contribution in [0.4, 0.5) is 0 Å². The first-order valence-corrected chi connectivity index (χ1v) is 20.9. The molecule has 204 valence electrons. The number of nitrogens with zero attached hydrogens (tertiary/aromatic N) is 1. The molecule has 0 saturated heterocycles. The molecule has 5 aromatic rings. The van der Waals surface area contributed by atoms with Crippen molar-refractivity contribution in [3.8, 4) is 22.8 Å². The molecule has 0 radical (unpaired) electrons. The van der Waals surface area contributed by atoms with E-state index in [-0.39, 0.29) is 10.8 Å². The molecule has 40 heavy (non-hydrogen) atoms. The summed E-state index contributed by atoms with van der Waals surface area (Å²) in [5, 5.41) is 4.93. The van der Waals surface area contributed by atoms with Crippen molar-refractivity contribution >= 4 is 43.6 Å². The van der Waals surface area contributed by atoms with E-state index in [0.717, 1.165) is 41.0 Å². The van der Waals surface area contributed by atoms with E-state index in [2.05, 4.69) is 126 Å². The van der Waals surface area contributed by atoms with E-state index < -0.39 is 13.3 Å². The second-order valence-electron chi connectivity index (χ2n) is 14.6. The van der Waals surface area contributed by atoms with E-state index in [1.54, 1.807) is 0 Å².